The molecular formula is C20H18N2O6S2. The van der Waals surface area contributed by atoms with Crippen LogP contribution in [0.5, 0.6) is 17.2 Å². The highest BCUT2D eigenvalue weighted by Gasteiger charge is 2.49. The van der Waals surface area contributed by atoms with E-state index in [0.717, 1.165) is 5.69 Å². The third kappa shape index (κ3) is 3.39. The Labute approximate surface area is 177 Å². The van der Waals surface area contributed by atoms with Crippen molar-refractivity contribution < 1.29 is 27.4 Å². The number of amides is 1. The fourth-order valence-electron chi connectivity index (χ4n) is 3.79. The summed E-state index contributed by atoms with van der Waals surface area (Å²) in [7, 11) is -1.58. The molecule has 3 aliphatic rings. The summed E-state index contributed by atoms with van der Waals surface area (Å²) in [5.74, 6) is 1.56. The fourth-order valence-corrected chi connectivity index (χ4v) is 7.70. The molecule has 0 bridgehead atoms. The number of hydrogen-bond acceptors (Lipinski definition) is 7. The summed E-state index contributed by atoms with van der Waals surface area (Å²) >= 11 is 1.33. The highest BCUT2D eigenvalue weighted by atomic mass is 32.2. The number of sulfone groups is 1. The van der Waals surface area contributed by atoms with Crippen molar-refractivity contribution >= 4 is 38.4 Å². The minimum Gasteiger partial charge on any atom is -0.497 e. The molecule has 0 N–H and O–H groups in total. The molecule has 0 saturated carbocycles. The van der Waals surface area contributed by atoms with Gasteiger partial charge in [-0.1, -0.05) is 11.8 Å². The van der Waals surface area contributed by atoms with Gasteiger partial charge in [0.25, 0.3) is 5.91 Å². The van der Waals surface area contributed by atoms with E-state index in [1.165, 1.54) is 11.8 Å². The molecule has 10 heteroatoms. The highest BCUT2D eigenvalue weighted by Crippen LogP contribution is 2.44. The molecule has 3 aliphatic heterocycles. The summed E-state index contributed by atoms with van der Waals surface area (Å²) < 4.78 is 40.4. The Balaban J connectivity index is 1.51. The fraction of sp³-hybridized carbons (Fsp3) is 0.300. The second-order valence-electron chi connectivity index (χ2n) is 7.14. The maximum atomic E-state index is 12.8. The molecule has 156 valence electrons. The summed E-state index contributed by atoms with van der Waals surface area (Å²) in [6.45, 7) is 0.144. The molecule has 0 aliphatic carbocycles. The molecule has 5 rings (SSSR count). The van der Waals surface area contributed by atoms with E-state index in [2.05, 4.69) is 4.99 Å². The lowest BCUT2D eigenvalue weighted by Gasteiger charge is -2.24. The van der Waals surface area contributed by atoms with Gasteiger partial charge in [0.05, 0.1) is 24.7 Å². The Hall–Kier alpha value is -2.72. The van der Waals surface area contributed by atoms with Crippen LogP contribution >= 0.6 is 11.8 Å². The lowest BCUT2D eigenvalue weighted by Crippen LogP contribution is -2.37. The van der Waals surface area contributed by atoms with E-state index in [0.29, 0.717) is 28.0 Å². The van der Waals surface area contributed by atoms with Crippen LogP contribution in [0.15, 0.2) is 47.5 Å². The average Bonchev–Trinajstić information content (AvgIpc) is 3.39. The maximum absolute atomic E-state index is 12.8. The summed E-state index contributed by atoms with van der Waals surface area (Å²) in [4.78, 5) is 19.0. The van der Waals surface area contributed by atoms with E-state index in [1.807, 2.05) is 11.0 Å². The van der Waals surface area contributed by atoms with Gasteiger partial charge in [-0.15, -0.1) is 0 Å². The Kier molecular flexibility index (Phi) is 4.62. The van der Waals surface area contributed by atoms with E-state index >= 15 is 0 Å². The Morgan fingerprint density at radius 2 is 1.90 bits per heavy atom. The molecule has 2 aromatic rings. The van der Waals surface area contributed by atoms with Gasteiger partial charge < -0.3 is 19.1 Å². The topological polar surface area (TPSA) is 94.5 Å². The molecule has 2 aromatic carbocycles. The van der Waals surface area contributed by atoms with Gasteiger partial charge >= 0.3 is 0 Å². The van der Waals surface area contributed by atoms with Crippen LogP contribution in [0.25, 0.3) is 0 Å². The van der Waals surface area contributed by atoms with Gasteiger partial charge in [0, 0.05) is 22.6 Å². The van der Waals surface area contributed by atoms with Gasteiger partial charge in [0.2, 0.25) is 6.79 Å². The van der Waals surface area contributed by atoms with Crippen molar-refractivity contribution in [2.45, 2.75) is 11.3 Å². The van der Waals surface area contributed by atoms with Crippen LogP contribution in [-0.4, -0.2) is 56.2 Å². The number of aliphatic imine (C=N–C) groups is 1. The molecular weight excluding hydrogens is 428 g/mol. The molecule has 0 spiro atoms. The first-order valence-corrected chi connectivity index (χ1v) is 12.0. The molecule has 0 unspecified atom stereocenters. The van der Waals surface area contributed by atoms with Crippen LogP contribution < -0.4 is 19.1 Å². The van der Waals surface area contributed by atoms with E-state index in [4.69, 9.17) is 14.2 Å². The van der Waals surface area contributed by atoms with Gasteiger partial charge in [0.1, 0.15) is 5.75 Å². The first kappa shape index (κ1) is 19.3. The third-order valence-corrected chi connectivity index (χ3v) is 8.44. The first-order chi connectivity index (χ1) is 14.4. The van der Waals surface area contributed by atoms with Crippen molar-refractivity contribution in [3.05, 3.63) is 48.0 Å². The van der Waals surface area contributed by atoms with E-state index in [1.54, 1.807) is 43.5 Å². The molecule has 0 radical (unpaired) electrons. The summed E-state index contributed by atoms with van der Waals surface area (Å²) in [6.07, 6.45) is 0. The Morgan fingerprint density at radius 1 is 1.13 bits per heavy atom. The number of carbonyl (C=O) groups excluding carboxylic acids is 1. The number of rotatable bonds is 3. The minimum absolute atomic E-state index is 0.0227. The number of anilines is 1. The number of amidine groups is 1. The molecule has 1 amide bonds. The Bertz CT molecular complexity index is 1150. The predicted molar refractivity (Wildman–Crippen MR) is 114 cm³/mol. The van der Waals surface area contributed by atoms with Crippen LogP contribution in [0.3, 0.4) is 0 Å². The minimum atomic E-state index is -3.14. The third-order valence-electron chi connectivity index (χ3n) is 5.24. The molecule has 0 aromatic heterocycles. The van der Waals surface area contributed by atoms with Crippen molar-refractivity contribution in [2.24, 2.45) is 4.99 Å². The van der Waals surface area contributed by atoms with Crippen LogP contribution in [0.1, 0.15) is 10.4 Å². The van der Waals surface area contributed by atoms with E-state index in [-0.39, 0.29) is 29.6 Å². The second-order valence-corrected chi connectivity index (χ2v) is 10.5. The molecule has 30 heavy (non-hydrogen) atoms. The standard InChI is InChI=1S/C20H18N2O6S2/c1-26-14-5-2-12(3-6-14)19(23)21-20-22(15-9-30(24,25)10-18(15)29-20)13-4-7-16-17(8-13)28-11-27-16/h2-8,15,18H,9-11H2,1H3/t15-,18+/m1/s1. The summed E-state index contributed by atoms with van der Waals surface area (Å²) in [5.41, 5.74) is 1.15. The van der Waals surface area contributed by atoms with Gasteiger partial charge in [-0.25, -0.2) is 8.42 Å². The lowest BCUT2D eigenvalue weighted by molar-refractivity contribution is 0.100. The number of benzene rings is 2. The Morgan fingerprint density at radius 3 is 2.67 bits per heavy atom. The number of nitrogens with zero attached hydrogens (tertiary/aromatic N) is 2. The molecule has 8 nitrogen and oxygen atoms in total. The molecule has 3 heterocycles. The van der Waals surface area contributed by atoms with Crippen molar-refractivity contribution in [1.29, 1.82) is 0 Å². The number of hydrogen-bond donors (Lipinski definition) is 0. The average molecular weight is 447 g/mol. The van der Waals surface area contributed by atoms with Crippen LogP contribution in [0.4, 0.5) is 5.69 Å². The number of methoxy groups -OCH3 is 1. The predicted octanol–water partition coefficient (Wildman–Crippen LogP) is 2.34. The second kappa shape index (κ2) is 7.21. The largest absolute Gasteiger partial charge is 0.497 e. The molecule has 2 fully saturated rings. The van der Waals surface area contributed by atoms with Gasteiger partial charge in [0.15, 0.2) is 26.5 Å². The zero-order valence-corrected chi connectivity index (χ0v) is 17.6. The monoisotopic (exact) mass is 446 g/mol. The van der Waals surface area contributed by atoms with Crippen molar-refractivity contribution in [3.63, 3.8) is 0 Å². The van der Waals surface area contributed by atoms with Crippen molar-refractivity contribution in [3.8, 4) is 17.2 Å². The maximum Gasteiger partial charge on any atom is 0.279 e. The summed E-state index contributed by atoms with van der Waals surface area (Å²) in [5, 5.41) is 0.308. The smallest absolute Gasteiger partial charge is 0.279 e. The zero-order chi connectivity index (χ0) is 20.9. The zero-order valence-electron chi connectivity index (χ0n) is 16.0. The van der Waals surface area contributed by atoms with Crippen molar-refractivity contribution in [2.75, 3.05) is 30.3 Å². The molecule has 2 atom stereocenters. The van der Waals surface area contributed by atoms with E-state index in [9.17, 15) is 13.2 Å². The number of carbonyl (C=O) groups is 1. The van der Waals surface area contributed by atoms with Crippen LogP contribution in [-0.2, 0) is 9.84 Å². The normalized spacial score (nSPS) is 24.8. The number of ether oxygens (including phenoxy) is 3. The van der Waals surface area contributed by atoms with Crippen LogP contribution in [0.2, 0.25) is 0 Å². The lowest BCUT2D eigenvalue weighted by atomic mass is 10.2. The van der Waals surface area contributed by atoms with Crippen LogP contribution in [0, 0.1) is 0 Å². The number of thioether (sulfide) groups is 1. The molecule has 2 saturated heterocycles. The van der Waals surface area contributed by atoms with Gasteiger partial charge in [-0.05, 0) is 36.4 Å². The quantitative estimate of drug-likeness (QED) is 0.709. The summed E-state index contributed by atoms with van der Waals surface area (Å²) in [6, 6.07) is 11.8. The first-order valence-electron chi connectivity index (χ1n) is 9.26. The number of fused-ring (bicyclic) bond motifs is 2. The van der Waals surface area contributed by atoms with Crippen molar-refractivity contribution in [1.82, 2.24) is 0 Å². The van der Waals surface area contributed by atoms with Gasteiger partial charge in [-0.3, -0.25) is 4.79 Å². The van der Waals surface area contributed by atoms with Gasteiger partial charge in [-0.2, -0.15) is 4.99 Å². The van der Waals surface area contributed by atoms with E-state index < -0.39 is 15.7 Å². The highest BCUT2D eigenvalue weighted by molar-refractivity contribution is 8.16. The SMILES string of the molecule is COc1ccc(C(=O)N=C2S[C@H]3CS(=O)(=O)C[C@H]3N2c2ccc3c(c2)OCO3)cc1.